The van der Waals surface area contributed by atoms with E-state index in [1.165, 1.54) is 12.1 Å². The third-order valence-electron chi connectivity index (χ3n) is 3.50. The third-order valence-corrected chi connectivity index (χ3v) is 3.50. The van der Waals surface area contributed by atoms with E-state index in [0.717, 1.165) is 0 Å². The fourth-order valence-electron chi connectivity index (χ4n) is 2.58. The summed E-state index contributed by atoms with van der Waals surface area (Å²) in [6.45, 7) is 3.52. The molecule has 100 valence electrons. The molecule has 0 aliphatic carbocycles. The van der Waals surface area contributed by atoms with Crippen molar-refractivity contribution in [1.29, 1.82) is 5.26 Å². The number of hydrogen-bond acceptors (Lipinski definition) is 3. The first-order valence-electron chi connectivity index (χ1n) is 6.14. The Kier molecular flexibility index (Phi) is 3.82. The molecule has 0 amide bonds. The number of carboxylic acids is 1. The fraction of sp³-hybridized carbons (Fsp3) is 0.429. The molecule has 4 nitrogen and oxygen atoms in total. The minimum Gasteiger partial charge on any atom is -0.481 e. The lowest BCUT2D eigenvalue weighted by Gasteiger charge is -2.15. The van der Waals surface area contributed by atoms with Crippen LogP contribution in [-0.4, -0.2) is 29.1 Å². The Balaban J connectivity index is 2.09. The molecule has 0 radical (unpaired) electrons. The van der Waals surface area contributed by atoms with Gasteiger partial charge in [0.15, 0.2) is 0 Å². The summed E-state index contributed by atoms with van der Waals surface area (Å²) in [6.07, 6.45) is 0. The van der Waals surface area contributed by atoms with Crippen LogP contribution in [0.15, 0.2) is 18.2 Å². The zero-order chi connectivity index (χ0) is 14.0. The van der Waals surface area contributed by atoms with Crippen LogP contribution in [0.5, 0.6) is 0 Å². The summed E-state index contributed by atoms with van der Waals surface area (Å²) >= 11 is 0. The van der Waals surface area contributed by atoms with Gasteiger partial charge in [0, 0.05) is 19.6 Å². The van der Waals surface area contributed by atoms with Gasteiger partial charge < -0.3 is 5.11 Å². The third kappa shape index (κ3) is 3.09. The lowest BCUT2D eigenvalue weighted by Crippen LogP contribution is -2.23. The summed E-state index contributed by atoms with van der Waals surface area (Å²) < 4.78 is 13.3. The summed E-state index contributed by atoms with van der Waals surface area (Å²) in [4.78, 5) is 13.0. The van der Waals surface area contributed by atoms with Gasteiger partial charge in [-0.2, -0.15) is 5.26 Å². The summed E-state index contributed by atoms with van der Waals surface area (Å²) in [7, 11) is 0. The standard InChI is InChI=1S/C14H15FN2O2/c1-9-6-17(8-13(9)14(18)19)7-11-2-10(5-16)3-12(15)4-11/h2-4,9,13H,6-8H2,1H3,(H,18,19)/t9-,13-/m1/s1. The van der Waals surface area contributed by atoms with Crippen LogP contribution in [0.2, 0.25) is 0 Å². The van der Waals surface area contributed by atoms with E-state index in [4.69, 9.17) is 10.4 Å². The molecule has 0 saturated carbocycles. The monoisotopic (exact) mass is 262 g/mol. The summed E-state index contributed by atoms with van der Waals surface area (Å²) in [6, 6.07) is 6.14. The number of halogens is 1. The molecule has 2 rings (SSSR count). The lowest BCUT2D eigenvalue weighted by molar-refractivity contribution is -0.142. The van der Waals surface area contributed by atoms with Gasteiger partial charge in [-0.1, -0.05) is 6.92 Å². The SMILES string of the molecule is C[C@@H]1CN(Cc2cc(F)cc(C#N)c2)C[C@H]1C(=O)O. The molecule has 5 heteroatoms. The first kappa shape index (κ1) is 13.5. The van der Waals surface area contributed by atoms with Gasteiger partial charge >= 0.3 is 5.97 Å². The number of aliphatic carboxylic acids is 1. The molecule has 1 aromatic carbocycles. The minimum absolute atomic E-state index is 0.0847. The van der Waals surface area contributed by atoms with Crippen molar-refractivity contribution in [3.63, 3.8) is 0 Å². The van der Waals surface area contributed by atoms with Crippen LogP contribution >= 0.6 is 0 Å². The number of nitrogens with zero attached hydrogens (tertiary/aromatic N) is 2. The van der Waals surface area contributed by atoms with Gasteiger partial charge in [-0.15, -0.1) is 0 Å². The van der Waals surface area contributed by atoms with Crippen LogP contribution < -0.4 is 0 Å². The van der Waals surface area contributed by atoms with Crippen molar-refractivity contribution in [2.45, 2.75) is 13.5 Å². The zero-order valence-electron chi connectivity index (χ0n) is 10.6. The first-order valence-corrected chi connectivity index (χ1v) is 6.14. The number of likely N-dealkylation sites (tertiary alicyclic amines) is 1. The summed E-state index contributed by atoms with van der Waals surface area (Å²) in [5.41, 5.74) is 0.992. The lowest BCUT2D eigenvalue weighted by atomic mass is 9.99. The molecular formula is C14H15FN2O2. The van der Waals surface area contributed by atoms with Crippen LogP contribution in [0.4, 0.5) is 4.39 Å². The second kappa shape index (κ2) is 5.37. The van der Waals surface area contributed by atoms with Crippen LogP contribution in [-0.2, 0) is 11.3 Å². The van der Waals surface area contributed by atoms with E-state index in [2.05, 4.69) is 0 Å². The Morgan fingerprint density at radius 1 is 1.53 bits per heavy atom. The van der Waals surface area contributed by atoms with Crippen molar-refractivity contribution in [2.24, 2.45) is 11.8 Å². The van der Waals surface area contributed by atoms with Crippen molar-refractivity contribution in [3.05, 3.63) is 35.1 Å². The van der Waals surface area contributed by atoms with E-state index < -0.39 is 11.8 Å². The maximum absolute atomic E-state index is 13.3. The molecule has 1 heterocycles. The maximum Gasteiger partial charge on any atom is 0.308 e. The van der Waals surface area contributed by atoms with Gasteiger partial charge in [-0.25, -0.2) is 4.39 Å². The van der Waals surface area contributed by atoms with Gasteiger partial charge in [0.25, 0.3) is 0 Å². The number of benzene rings is 1. The highest BCUT2D eigenvalue weighted by molar-refractivity contribution is 5.71. The predicted octanol–water partition coefficient (Wildman–Crippen LogP) is 1.85. The van der Waals surface area contributed by atoms with E-state index >= 15 is 0 Å². The first-order chi connectivity index (χ1) is 8.99. The molecular weight excluding hydrogens is 247 g/mol. The molecule has 0 unspecified atom stereocenters. The highest BCUT2D eigenvalue weighted by atomic mass is 19.1. The largest absolute Gasteiger partial charge is 0.481 e. The van der Waals surface area contributed by atoms with E-state index in [-0.39, 0.29) is 17.4 Å². The van der Waals surface area contributed by atoms with Gasteiger partial charge in [0.1, 0.15) is 5.82 Å². The molecule has 0 bridgehead atoms. The number of carbonyl (C=O) groups is 1. The zero-order valence-corrected chi connectivity index (χ0v) is 10.6. The molecule has 1 aliphatic heterocycles. The average molecular weight is 262 g/mol. The number of nitriles is 1. The van der Waals surface area contributed by atoms with E-state index in [9.17, 15) is 9.18 Å². The average Bonchev–Trinajstić information content (AvgIpc) is 2.69. The number of rotatable bonds is 3. The molecule has 1 fully saturated rings. The molecule has 1 saturated heterocycles. The van der Waals surface area contributed by atoms with Gasteiger partial charge in [-0.05, 0) is 29.7 Å². The van der Waals surface area contributed by atoms with Gasteiger partial charge in [-0.3, -0.25) is 9.69 Å². The Bertz CT molecular complexity index is 539. The second-order valence-electron chi connectivity index (χ2n) is 5.08. The van der Waals surface area contributed by atoms with E-state index in [0.29, 0.717) is 25.2 Å². The van der Waals surface area contributed by atoms with Crippen molar-refractivity contribution in [2.75, 3.05) is 13.1 Å². The van der Waals surface area contributed by atoms with Crippen molar-refractivity contribution < 1.29 is 14.3 Å². The van der Waals surface area contributed by atoms with Crippen molar-refractivity contribution in [3.8, 4) is 6.07 Å². The predicted molar refractivity (Wildman–Crippen MR) is 66.7 cm³/mol. The van der Waals surface area contributed by atoms with Crippen molar-refractivity contribution in [1.82, 2.24) is 4.90 Å². The molecule has 0 aromatic heterocycles. The fourth-order valence-corrected chi connectivity index (χ4v) is 2.58. The normalized spacial score (nSPS) is 23.2. The van der Waals surface area contributed by atoms with Crippen LogP contribution in [0.25, 0.3) is 0 Å². The van der Waals surface area contributed by atoms with E-state index in [1.54, 1.807) is 6.07 Å². The quantitative estimate of drug-likeness (QED) is 0.903. The Hall–Kier alpha value is -1.93. The maximum atomic E-state index is 13.3. The molecule has 1 aromatic rings. The Morgan fingerprint density at radius 3 is 2.84 bits per heavy atom. The van der Waals surface area contributed by atoms with Crippen LogP contribution in [0.3, 0.4) is 0 Å². The van der Waals surface area contributed by atoms with Gasteiger partial charge in [0.05, 0.1) is 17.6 Å². The molecule has 2 atom stereocenters. The smallest absolute Gasteiger partial charge is 0.308 e. The van der Waals surface area contributed by atoms with E-state index in [1.807, 2.05) is 17.9 Å². The van der Waals surface area contributed by atoms with Gasteiger partial charge in [0.2, 0.25) is 0 Å². The van der Waals surface area contributed by atoms with Crippen LogP contribution in [0.1, 0.15) is 18.1 Å². The number of hydrogen-bond donors (Lipinski definition) is 1. The highest BCUT2D eigenvalue weighted by Gasteiger charge is 2.34. The Labute approximate surface area is 111 Å². The molecule has 1 aliphatic rings. The van der Waals surface area contributed by atoms with Crippen LogP contribution in [0, 0.1) is 29.0 Å². The number of carboxylic acid groups (broad SMARTS) is 1. The summed E-state index contributed by atoms with van der Waals surface area (Å²) in [5.74, 6) is -1.51. The molecule has 19 heavy (non-hydrogen) atoms. The second-order valence-corrected chi connectivity index (χ2v) is 5.08. The molecule has 0 spiro atoms. The van der Waals surface area contributed by atoms with Crippen molar-refractivity contribution >= 4 is 5.97 Å². The minimum atomic E-state index is -0.785. The summed E-state index contributed by atoms with van der Waals surface area (Å²) in [5, 5.41) is 17.9. The topological polar surface area (TPSA) is 64.3 Å². The highest BCUT2D eigenvalue weighted by Crippen LogP contribution is 2.25. The Morgan fingerprint density at radius 2 is 2.26 bits per heavy atom. The molecule has 1 N–H and O–H groups in total.